The van der Waals surface area contributed by atoms with E-state index in [4.69, 9.17) is 0 Å². The van der Waals surface area contributed by atoms with Crippen molar-refractivity contribution in [1.82, 2.24) is 5.43 Å². The SMILES string of the molecule is CN/N=C1/CCc2c(O)cccc21. The Kier molecular flexibility index (Phi) is 1.93. The first-order valence-electron chi connectivity index (χ1n) is 4.37. The van der Waals surface area contributed by atoms with Crippen LogP contribution in [0.2, 0.25) is 0 Å². The fourth-order valence-electron chi connectivity index (χ4n) is 1.74. The monoisotopic (exact) mass is 176 g/mol. The number of phenols is 1. The lowest BCUT2D eigenvalue weighted by molar-refractivity contribution is 0.469. The van der Waals surface area contributed by atoms with Crippen LogP contribution in [0.15, 0.2) is 23.3 Å². The van der Waals surface area contributed by atoms with Gasteiger partial charge in [-0.1, -0.05) is 12.1 Å². The normalized spacial score (nSPS) is 17.5. The molecule has 0 aliphatic heterocycles. The van der Waals surface area contributed by atoms with Crippen molar-refractivity contribution in [2.45, 2.75) is 12.8 Å². The summed E-state index contributed by atoms with van der Waals surface area (Å²) < 4.78 is 0. The van der Waals surface area contributed by atoms with E-state index in [0.717, 1.165) is 29.7 Å². The number of nitrogens with zero attached hydrogens (tertiary/aromatic N) is 1. The summed E-state index contributed by atoms with van der Waals surface area (Å²) in [5.41, 5.74) is 5.91. The number of hydrogen-bond acceptors (Lipinski definition) is 3. The zero-order valence-corrected chi connectivity index (χ0v) is 7.54. The van der Waals surface area contributed by atoms with Gasteiger partial charge >= 0.3 is 0 Å². The molecule has 0 aromatic heterocycles. The first-order chi connectivity index (χ1) is 6.33. The molecule has 0 fully saturated rings. The zero-order valence-electron chi connectivity index (χ0n) is 7.54. The Morgan fingerprint density at radius 2 is 2.23 bits per heavy atom. The Hall–Kier alpha value is -1.51. The molecule has 1 aromatic carbocycles. The van der Waals surface area contributed by atoms with E-state index in [2.05, 4.69) is 10.5 Å². The molecule has 0 bridgehead atoms. The molecule has 3 heteroatoms. The summed E-state index contributed by atoms with van der Waals surface area (Å²) in [7, 11) is 1.79. The summed E-state index contributed by atoms with van der Waals surface area (Å²) in [5, 5.41) is 13.7. The maximum Gasteiger partial charge on any atom is 0.119 e. The smallest absolute Gasteiger partial charge is 0.119 e. The van der Waals surface area contributed by atoms with Gasteiger partial charge in [-0.2, -0.15) is 5.10 Å². The van der Waals surface area contributed by atoms with Crippen LogP contribution in [0.3, 0.4) is 0 Å². The third kappa shape index (κ3) is 1.26. The lowest BCUT2D eigenvalue weighted by atomic mass is 10.1. The molecule has 0 heterocycles. The average molecular weight is 176 g/mol. The minimum atomic E-state index is 0.388. The highest BCUT2D eigenvalue weighted by atomic mass is 16.3. The van der Waals surface area contributed by atoms with Gasteiger partial charge in [-0.25, -0.2) is 0 Å². The van der Waals surface area contributed by atoms with Gasteiger partial charge in [0.25, 0.3) is 0 Å². The molecule has 0 radical (unpaired) electrons. The molecule has 1 aliphatic carbocycles. The second kappa shape index (κ2) is 3.09. The predicted octanol–water partition coefficient (Wildman–Crippen LogP) is 1.26. The van der Waals surface area contributed by atoms with Gasteiger partial charge < -0.3 is 10.5 Å². The van der Waals surface area contributed by atoms with Gasteiger partial charge in [0.05, 0.1) is 5.71 Å². The van der Waals surface area contributed by atoms with E-state index in [1.807, 2.05) is 12.1 Å². The Morgan fingerprint density at radius 1 is 1.38 bits per heavy atom. The number of fused-ring (bicyclic) bond motifs is 1. The molecule has 0 atom stereocenters. The van der Waals surface area contributed by atoms with E-state index in [-0.39, 0.29) is 0 Å². The summed E-state index contributed by atoms with van der Waals surface area (Å²) >= 11 is 0. The van der Waals surface area contributed by atoms with Gasteiger partial charge in [0.1, 0.15) is 5.75 Å². The van der Waals surface area contributed by atoms with E-state index in [0.29, 0.717) is 5.75 Å². The molecular formula is C10H12N2O. The second-order valence-corrected chi connectivity index (χ2v) is 3.09. The van der Waals surface area contributed by atoms with Crippen LogP contribution in [0.1, 0.15) is 17.5 Å². The van der Waals surface area contributed by atoms with Crippen LogP contribution in [0, 0.1) is 0 Å². The van der Waals surface area contributed by atoms with E-state index >= 15 is 0 Å². The number of aromatic hydroxyl groups is 1. The lowest BCUT2D eigenvalue weighted by Gasteiger charge is -2.01. The van der Waals surface area contributed by atoms with Crippen molar-refractivity contribution in [1.29, 1.82) is 0 Å². The Bertz CT molecular complexity index is 358. The van der Waals surface area contributed by atoms with Gasteiger partial charge in [-0.15, -0.1) is 0 Å². The predicted molar refractivity (Wildman–Crippen MR) is 52.0 cm³/mol. The fourth-order valence-corrected chi connectivity index (χ4v) is 1.74. The maximum atomic E-state index is 9.54. The molecule has 3 nitrogen and oxygen atoms in total. The summed E-state index contributed by atoms with van der Waals surface area (Å²) in [6, 6.07) is 5.57. The third-order valence-electron chi connectivity index (χ3n) is 2.32. The van der Waals surface area contributed by atoms with Crippen molar-refractivity contribution in [3.05, 3.63) is 29.3 Å². The summed E-state index contributed by atoms with van der Waals surface area (Å²) in [5.74, 6) is 0.388. The standard InChI is InChI=1S/C10H12N2O/c1-11-12-9-6-5-8-7(9)3-2-4-10(8)13/h2-4,11,13H,5-6H2,1H3/b12-9-. The second-order valence-electron chi connectivity index (χ2n) is 3.09. The highest BCUT2D eigenvalue weighted by molar-refractivity contribution is 6.04. The molecule has 0 saturated carbocycles. The molecule has 2 rings (SSSR count). The molecule has 1 aliphatic rings. The van der Waals surface area contributed by atoms with Crippen LogP contribution in [-0.4, -0.2) is 17.9 Å². The molecule has 2 N–H and O–H groups in total. The first kappa shape index (κ1) is 8.10. The van der Waals surface area contributed by atoms with Gasteiger partial charge in [0.2, 0.25) is 0 Å². The summed E-state index contributed by atoms with van der Waals surface area (Å²) in [4.78, 5) is 0. The van der Waals surface area contributed by atoms with Gasteiger partial charge in [-0.3, -0.25) is 0 Å². The molecular weight excluding hydrogens is 164 g/mol. The van der Waals surface area contributed by atoms with Crippen molar-refractivity contribution in [2.24, 2.45) is 5.10 Å². The Morgan fingerprint density at radius 3 is 3.00 bits per heavy atom. The van der Waals surface area contributed by atoms with E-state index < -0.39 is 0 Å². The van der Waals surface area contributed by atoms with Crippen molar-refractivity contribution in [3.63, 3.8) is 0 Å². The third-order valence-corrected chi connectivity index (χ3v) is 2.32. The van der Waals surface area contributed by atoms with Crippen molar-refractivity contribution in [3.8, 4) is 5.75 Å². The summed E-state index contributed by atoms with van der Waals surface area (Å²) in [6.07, 6.45) is 1.80. The van der Waals surface area contributed by atoms with Crippen LogP contribution in [0.4, 0.5) is 0 Å². The minimum Gasteiger partial charge on any atom is -0.508 e. The molecule has 0 spiro atoms. The minimum absolute atomic E-state index is 0.388. The van der Waals surface area contributed by atoms with E-state index in [1.165, 1.54) is 0 Å². The number of hydrazone groups is 1. The van der Waals surface area contributed by atoms with Gasteiger partial charge in [-0.05, 0) is 18.9 Å². The number of rotatable bonds is 1. The van der Waals surface area contributed by atoms with Crippen LogP contribution in [-0.2, 0) is 6.42 Å². The fraction of sp³-hybridized carbons (Fsp3) is 0.300. The number of phenolic OH excluding ortho intramolecular Hbond substituents is 1. The average Bonchev–Trinajstić information content (AvgIpc) is 2.51. The highest BCUT2D eigenvalue weighted by Gasteiger charge is 2.19. The van der Waals surface area contributed by atoms with Gasteiger partial charge in [0.15, 0.2) is 0 Å². The van der Waals surface area contributed by atoms with Crippen LogP contribution in [0.25, 0.3) is 0 Å². The number of benzene rings is 1. The van der Waals surface area contributed by atoms with Crippen molar-refractivity contribution in [2.75, 3.05) is 7.05 Å². The van der Waals surface area contributed by atoms with Gasteiger partial charge in [0, 0.05) is 18.2 Å². The molecule has 0 unspecified atom stereocenters. The molecule has 68 valence electrons. The number of nitrogens with one attached hydrogen (secondary N) is 1. The molecule has 0 saturated heterocycles. The molecule has 1 aromatic rings. The van der Waals surface area contributed by atoms with Crippen molar-refractivity contribution >= 4 is 5.71 Å². The topological polar surface area (TPSA) is 44.6 Å². The van der Waals surface area contributed by atoms with Crippen molar-refractivity contribution < 1.29 is 5.11 Å². The summed E-state index contributed by atoms with van der Waals surface area (Å²) in [6.45, 7) is 0. The van der Waals surface area contributed by atoms with E-state index in [9.17, 15) is 5.11 Å². The van der Waals surface area contributed by atoms with Crippen LogP contribution >= 0.6 is 0 Å². The molecule has 13 heavy (non-hydrogen) atoms. The van der Waals surface area contributed by atoms with Crippen LogP contribution < -0.4 is 5.43 Å². The quantitative estimate of drug-likeness (QED) is 0.633. The Labute approximate surface area is 77.1 Å². The Balaban J connectivity index is 2.49. The highest BCUT2D eigenvalue weighted by Crippen LogP contribution is 2.29. The maximum absolute atomic E-state index is 9.54. The first-order valence-corrected chi connectivity index (χ1v) is 4.37. The largest absolute Gasteiger partial charge is 0.508 e. The zero-order chi connectivity index (χ0) is 9.26. The van der Waals surface area contributed by atoms with E-state index in [1.54, 1.807) is 13.1 Å². The number of hydrogen-bond donors (Lipinski definition) is 2. The van der Waals surface area contributed by atoms with Crippen LogP contribution in [0.5, 0.6) is 5.75 Å². The molecule has 0 amide bonds. The lowest BCUT2D eigenvalue weighted by Crippen LogP contribution is -2.03.